The fraction of sp³-hybridized carbons (Fsp3) is 0.154. The SMILES string of the molecule is CCOS(=O)(=O)c1ccccc1-c1cccnc1. The van der Waals surface area contributed by atoms with Gasteiger partial charge >= 0.3 is 0 Å². The molecule has 2 aromatic rings. The molecule has 1 aromatic heterocycles. The van der Waals surface area contributed by atoms with Gasteiger partial charge in [0.2, 0.25) is 0 Å². The Labute approximate surface area is 106 Å². The van der Waals surface area contributed by atoms with Crippen molar-refractivity contribution in [3.63, 3.8) is 0 Å². The monoisotopic (exact) mass is 263 g/mol. The number of pyridine rings is 1. The van der Waals surface area contributed by atoms with Gasteiger partial charge in [0, 0.05) is 23.5 Å². The quantitative estimate of drug-likeness (QED) is 0.795. The summed E-state index contributed by atoms with van der Waals surface area (Å²) in [5, 5.41) is 0. The Morgan fingerprint density at radius 3 is 2.61 bits per heavy atom. The highest BCUT2D eigenvalue weighted by molar-refractivity contribution is 7.87. The van der Waals surface area contributed by atoms with Gasteiger partial charge in [0.05, 0.1) is 6.61 Å². The van der Waals surface area contributed by atoms with Crippen LogP contribution in [0.25, 0.3) is 11.1 Å². The summed E-state index contributed by atoms with van der Waals surface area (Å²) in [5.74, 6) is 0. The van der Waals surface area contributed by atoms with Crippen molar-refractivity contribution in [2.75, 3.05) is 6.61 Å². The molecule has 0 bridgehead atoms. The summed E-state index contributed by atoms with van der Waals surface area (Å²) in [6.07, 6.45) is 3.27. The molecule has 5 heteroatoms. The summed E-state index contributed by atoms with van der Waals surface area (Å²) in [5.41, 5.74) is 1.34. The molecule has 0 saturated carbocycles. The van der Waals surface area contributed by atoms with Crippen molar-refractivity contribution in [1.82, 2.24) is 4.98 Å². The van der Waals surface area contributed by atoms with Crippen molar-refractivity contribution in [3.8, 4) is 11.1 Å². The van der Waals surface area contributed by atoms with E-state index in [4.69, 9.17) is 4.18 Å². The lowest BCUT2D eigenvalue weighted by atomic mass is 10.1. The predicted octanol–water partition coefficient (Wildman–Crippen LogP) is 2.47. The normalized spacial score (nSPS) is 11.4. The molecule has 1 aromatic carbocycles. The van der Waals surface area contributed by atoms with Crippen molar-refractivity contribution >= 4 is 10.1 Å². The van der Waals surface area contributed by atoms with E-state index in [1.54, 1.807) is 43.6 Å². The summed E-state index contributed by atoms with van der Waals surface area (Å²) < 4.78 is 28.8. The summed E-state index contributed by atoms with van der Waals surface area (Å²) in [4.78, 5) is 4.16. The maximum Gasteiger partial charge on any atom is 0.297 e. The van der Waals surface area contributed by atoms with Gasteiger partial charge in [0.1, 0.15) is 4.90 Å². The second kappa shape index (κ2) is 5.29. The Hall–Kier alpha value is -1.72. The fourth-order valence-corrected chi connectivity index (χ4v) is 2.80. The molecule has 0 amide bonds. The van der Waals surface area contributed by atoms with Crippen molar-refractivity contribution in [2.45, 2.75) is 11.8 Å². The molecule has 0 aliphatic heterocycles. The topological polar surface area (TPSA) is 56.3 Å². The molecule has 18 heavy (non-hydrogen) atoms. The molecule has 0 fully saturated rings. The molecule has 0 aliphatic carbocycles. The Kier molecular flexibility index (Phi) is 3.74. The largest absolute Gasteiger partial charge is 0.297 e. The van der Waals surface area contributed by atoms with Crippen LogP contribution < -0.4 is 0 Å². The number of benzene rings is 1. The second-order valence-electron chi connectivity index (χ2n) is 3.60. The van der Waals surface area contributed by atoms with E-state index in [0.29, 0.717) is 5.56 Å². The number of hydrogen-bond donors (Lipinski definition) is 0. The number of rotatable bonds is 4. The van der Waals surface area contributed by atoms with Crippen molar-refractivity contribution < 1.29 is 12.6 Å². The summed E-state index contributed by atoms with van der Waals surface area (Å²) in [7, 11) is -3.72. The third-order valence-electron chi connectivity index (χ3n) is 2.40. The molecule has 0 aliphatic rings. The van der Waals surface area contributed by atoms with Crippen LogP contribution in [0.4, 0.5) is 0 Å². The average Bonchev–Trinajstić information content (AvgIpc) is 2.40. The summed E-state index contributed by atoms with van der Waals surface area (Å²) >= 11 is 0. The van der Waals surface area contributed by atoms with Crippen LogP contribution in [0, 0.1) is 0 Å². The smallest absolute Gasteiger partial charge is 0.267 e. The number of nitrogens with zero attached hydrogens (tertiary/aromatic N) is 1. The molecule has 0 saturated heterocycles. The zero-order valence-corrected chi connectivity index (χ0v) is 10.7. The molecule has 0 atom stereocenters. The van der Waals surface area contributed by atoms with E-state index in [9.17, 15) is 8.42 Å². The minimum absolute atomic E-state index is 0.115. The maximum absolute atomic E-state index is 12.0. The van der Waals surface area contributed by atoms with Gasteiger partial charge in [-0.2, -0.15) is 8.42 Å². The molecular formula is C13H13NO3S. The highest BCUT2D eigenvalue weighted by atomic mass is 32.2. The maximum atomic E-state index is 12.0. The Morgan fingerprint density at radius 1 is 1.17 bits per heavy atom. The van der Waals surface area contributed by atoms with Crippen molar-refractivity contribution in [2.24, 2.45) is 0 Å². The molecule has 2 rings (SSSR count). The molecule has 0 radical (unpaired) electrons. The minimum Gasteiger partial charge on any atom is -0.267 e. The minimum atomic E-state index is -3.72. The third-order valence-corrected chi connectivity index (χ3v) is 3.84. The zero-order chi connectivity index (χ0) is 13.0. The van der Waals surface area contributed by atoms with E-state index in [-0.39, 0.29) is 11.5 Å². The summed E-state index contributed by atoms with van der Waals surface area (Å²) in [6.45, 7) is 1.76. The van der Waals surface area contributed by atoms with Crippen molar-refractivity contribution in [3.05, 3.63) is 48.8 Å². The molecule has 94 valence electrons. The van der Waals surface area contributed by atoms with Gasteiger partial charge in [0.25, 0.3) is 10.1 Å². The first-order valence-corrected chi connectivity index (χ1v) is 6.95. The van der Waals surface area contributed by atoms with Crippen LogP contribution in [0.3, 0.4) is 0 Å². The van der Waals surface area contributed by atoms with E-state index in [1.807, 2.05) is 6.07 Å². The molecular weight excluding hydrogens is 250 g/mol. The van der Waals surface area contributed by atoms with Gasteiger partial charge in [-0.1, -0.05) is 24.3 Å². The van der Waals surface area contributed by atoms with E-state index >= 15 is 0 Å². The lowest BCUT2D eigenvalue weighted by molar-refractivity contribution is 0.338. The highest BCUT2D eigenvalue weighted by Gasteiger charge is 2.19. The number of aromatic nitrogens is 1. The van der Waals surface area contributed by atoms with E-state index in [2.05, 4.69) is 4.98 Å². The van der Waals surface area contributed by atoms with Crippen LogP contribution in [-0.4, -0.2) is 20.0 Å². The Morgan fingerprint density at radius 2 is 1.94 bits per heavy atom. The fourth-order valence-electron chi connectivity index (χ4n) is 1.66. The zero-order valence-electron chi connectivity index (χ0n) is 9.91. The van der Waals surface area contributed by atoms with Gasteiger partial charge in [0.15, 0.2) is 0 Å². The first-order valence-electron chi connectivity index (χ1n) is 5.54. The van der Waals surface area contributed by atoms with Crippen LogP contribution in [-0.2, 0) is 14.3 Å². The first kappa shape index (κ1) is 12.7. The van der Waals surface area contributed by atoms with E-state index < -0.39 is 10.1 Å². The van der Waals surface area contributed by atoms with Crippen LogP contribution >= 0.6 is 0 Å². The van der Waals surface area contributed by atoms with Crippen LogP contribution in [0.15, 0.2) is 53.7 Å². The second-order valence-corrected chi connectivity index (χ2v) is 5.18. The van der Waals surface area contributed by atoms with Gasteiger partial charge < -0.3 is 0 Å². The van der Waals surface area contributed by atoms with Crippen LogP contribution in [0.1, 0.15) is 6.92 Å². The standard InChI is InChI=1S/C13H13NO3S/c1-2-17-18(15,16)13-8-4-3-7-12(13)11-6-5-9-14-10-11/h3-10H,2H2,1H3. The molecule has 1 heterocycles. The van der Waals surface area contributed by atoms with Crippen LogP contribution in [0.2, 0.25) is 0 Å². The lowest BCUT2D eigenvalue weighted by Crippen LogP contribution is -2.07. The predicted molar refractivity (Wildman–Crippen MR) is 68.5 cm³/mol. The molecule has 0 spiro atoms. The Bertz CT molecular complexity index is 624. The third kappa shape index (κ3) is 2.57. The average molecular weight is 263 g/mol. The van der Waals surface area contributed by atoms with E-state index in [0.717, 1.165) is 5.56 Å². The lowest BCUT2D eigenvalue weighted by Gasteiger charge is -2.09. The Balaban J connectivity index is 2.58. The van der Waals surface area contributed by atoms with Crippen LogP contribution in [0.5, 0.6) is 0 Å². The molecule has 0 N–H and O–H groups in total. The van der Waals surface area contributed by atoms with Crippen molar-refractivity contribution in [1.29, 1.82) is 0 Å². The van der Waals surface area contributed by atoms with Gasteiger partial charge in [-0.25, -0.2) is 0 Å². The molecule has 0 unspecified atom stereocenters. The van der Waals surface area contributed by atoms with E-state index in [1.165, 1.54) is 6.07 Å². The number of hydrogen-bond acceptors (Lipinski definition) is 4. The molecule has 4 nitrogen and oxygen atoms in total. The van der Waals surface area contributed by atoms with Gasteiger partial charge in [-0.15, -0.1) is 0 Å². The van der Waals surface area contributed by atoms with Gasteiger partial charge in [-0.05, 0) is 19.1 Å². The van der Waals surface area contributed by atoms with Gasteiger partial charge in [-0.3, -0.25) is 9.17 Å². The summed E-state index contributed by atoms with van der Waals surface area (Å²) in [6, 6.07) is 10.3. The highest BCUT2D eigenvalue weighted by Crippen LogP contribution is 2.27. The first-order chi connectivity index (χ1) is 8.65.